The molecule has 1 saturated heterocycles. The fourth-order valence-corrected chi connectivity index (χ4v) is 4.99. The van der Waals surface area contributed by atoms with Gasteiger partial charge >= 0.3 is 0 Å². The lowest BCUT2D eigenvalue weighted by Gasteiger charge is -2.25. The minimum atomic E-state index is -0.588. The van der Waals surface area contributed by atoms with Gasteiger partial charge in [-0.3, -0.25) is 9.59 Å². The summed E-state index contributed by atoms with van der Waals surface area (Å²) in [6.07, 6.45) is 0. The summed E-state index contributed by atoms with van der Waals surface area (Å²) in [5.41, 5.74) is 1.02. The summed E-state index contributed by atoms with van der Waals surface area (Å²) >= 11 is 1.47. The van der Waals surface area contributed by atoms with Crippen LogP contribution in [0.1, 0.15) is 34.6 Å². The lowest BCUT2D eigenvalue weighted by Crippen LogP contribution is -2.41. The minimum Gasteiger partial charge on any atom is -0.478 e. The molecule has 2 N–H and O–H groups in total. The molecule has 1 aromatic rings. The van der Waals surface area contributed by atoms with Crippen LogP contribution >= 0.6 is 11.8 Å². The third-order valence-corrected chi connectivity index (χ3v) is 6.82. The monoisotopic (exact) mass is 457 g/mol. The van der Waals surface area contributed by atoms with Gasteiger partial charge in [-0.05, 0) is 32.0 Å². The van der Waals surface area contributed by atoms with Crippen LogP contribution in [-0.2, 0) is 14.3 Å². The lowest BCUT2D eigenvalue weighted by atomic mass is 9.95. The van der Waals surface area contributed by atoms with E-state index in [9.17, 15) is 14.9 Å². The van der Waals surface area contributed by atoms with E-state index in [-0.39, 0.29) is 28.5 Å². The number of nitrogens with zero attached hydrogens (tertiary/aromatic N) is 3. The van der Waals surface area contributed by atoms with Crippen LogP contribution in [0.2, 0.25) is 0 Å². The second-order valence-electron chi connectivity index (χ2n) is 9.04. The van der Waals surface area contributed by atoms with Gasteiger partial charge in [-0.1, -0.05) is 26.8 Å². The van der Waals surface area contributed by atoms with Gasteiger partial charge in [-0.2, -0.15) is 5.26 Å². The summed E-state index contributed by atoms with van der Waals surface area (Å²) in [5, 5.41) is 15.3. The normalized spacial score (nSPS) is 23.9. The molecule has 4 atom stereocenters. The Labute approximate surface area is 193 Å². The second-order valence-corrected chi connectivity index (χ2v) is 10.4. The summed E-state index contributed by atoms with van der Waals surface area (Å²) in [6.45, 7) is 10.8. The van der Waals surface area contributed by atoms with Crippen molar-refractivity contribution >= 4 is 40.8 Å². The number of carbonyl (C=O) groups excluding carboxylic acids is 2. The van der Waals surface area contributed by atoms with Crippen molar-refractivity contribution in [2.45, 2.75) is 51.3 Å². The van der Waals surface area contributed by atoms with Gasteiger partial charge in [-0.15, -0.1) is 11.8 Å². The summed E-state index contributed by atoms with van der Waals surface area (Å²) in [5.74, 6) is -0.222. The summed E-state index contributed by atoms with van der Waals surface area (Å²) in [4.78, 5) is 31.4. The van der Waals surface area contributed by atoms with Gasteiger partial charge in [0.2, 0.25) is 17.7 Å². The molecule has 0 bridgehead atoms. The zero-order valence-corrected chi connectivity index (χ0v) is 20.0. The fraction of sp³-hybridized carbons (Fsp3) is 0.565. The van der Waals surface area contributed by atoms with Crippen molar-refractivity contribution in [1.82, 2.24) is 4.90 Å². The summed E-state index contributed by atoms with van der Waals surface area (Å²) < 4.78 is 5.62. The standard InChI is InChI=1S/C23H31N5O3S/c1-6-28-20(29)18(32-21(28)17(11-24)19-26-14(2)13-31-19)12-25-15-8-7-9-16(10-15)27-22(30)23(3,4)5/h7-10,14,17-18,21,25H,6,12-13H2,1-5H3,(H,27,30). The van der Waals surface area contributed by atoms with Gasteiger partial charge in [0, 0.05) is 29.9 Å². The van der Waals surface area contributed by atoms with Crippen LogP contribution < -0.4 is 10.6 Å². The van der Waals surface area contributed by atoms with Gasteiger partial charge in [0.05, 0.1) is 12.1 Å². The van der Waals surface area contributed by atoms with E-state index < -0.39 is 11.3 Å². The predicted octanol–water partition coefficient (Wildman–Crippen LogP) is 3.33. The molecule has 2 aliphatic rings. The number of nitriles is 1. The first-order valence-electron chi connectivity index (χ1n) is 10.9. The number of nitrogens with one attached hydrogen (secondary N) is 2. The number of thioether (sulfide) groups is 1. The van der Waals surface area contributed by atoms with E-state index in [2.05, 4.69) is 21.7 Å². The largest absolute Gasteiger partial charge is 0.478 e. The van der Waals surface area contributed by atoms with E-state index in [0.717, 1.165) is 5.69 Å². The fourth-order valence-electron chi connectivity index (χ4n) is 3.48. The molecule has 4 unspecified atom stereocenters. The quantitative estimate of drug-likeness (QED) is 0.650. The van der Waals surface area contributed by atoms with E-state index in [4.69, 9.17) is 4.74 Å². The molecule has 3 rings (SSSR count). The molecule has 0 aliphatic carbocycles. The molecule has 2 heterocycles. The predicted molar refractivity (Wildman–Crippen MR) is 128 cm³/mol. The number of carbonyl (C=O) groups is 2. The summed E-state index contributed by atoms with van der Waals surface area (Å²) in [7, 11) is 0. The van der Waals surface area contributed by atoms with Crippen molar-refractivity contribution in [1.29, 1.82) is 5.26 Å². The Kier molecular flexibility index (Phi) is 7.34. The van der Waals surface area contributed by atoms with E-state index in [1.165, 1.54) is 11.8 Å². The smallest absolute Gasteiger partial charge is 0.238 e. The van der Waals surface area contributed by atoms with Crippen molar-refractivity contribution in [2.75, 3.05) is 30.3 Å². The lowest BCUT2D eigenvalue weighted by molar-refractivity contribution is -0.129. The van der Waals surface area contributed by atoms with E-state index >= 15 is 0 Å². The Hall–Kier alpha value is -2.73. The number of benzene rings is 1. The molecule has 0 saturated carbocycles. The van der Waals surface area contributed by atoms with Crippen LogP contribution in [0, 0.1) is 22.7 Å². The highest BCUT2D eigenvalue weighted by molar-refractivity contribution is 8.01. The highest BCUT2D eigenvalue weighted by Crippen LogP contribution is 2.37. The van der Waals surface area contributed by atoms with E-state index in [0.29, 0.717) is 31.3 Å². The molecule has 9 heteroatoms. The number of anilines is 2. The van der Waals surface area contributed by atoms with Crippen LogP contribution in [0.25, 0.3) is 0 Å². The first-order valence-corrected chi connectivity index (χ1v) is 11.8. The molecular formula is C23H31N5O3S. The maximum atomic E-state index is 13.0. The number of hydrogen-bond acceptors (Lipinski definition) is 7. The number of ether oxygens (including phenoxy) is 1. The molecule has 0 aromatic heterocycles. The number of amides is 2. The topological polar surface area (TPSA) is 107 Å². The number of rotatable bonds is 7. The Morgan fingerprint density at radius 1 is 1.41 bits per heavy atom. The minimum absolute atomic E-state index is 0.000847. The average molecular weight is 458 g/mol. The molecular weight excluding hydrogens is 426 g/mol. The van der Waals surface area contributed by atoms with E-state index in [1.54, 1.807) is 4.90 Å². The van der Waals surface area contributed by atoms with Gasteiger partial charge < -0.3 is 20.3 Å². The second kappa shape index (κ2) is 9.82. The first-order chi connectivity index (χ1) is 15.1. The SMILES string of the molecule is CCN1C(=O)C(CNc2cccc(NC(=O)C(C)(C)C)c2)SC1C(C#N)C1=NC(C)CO1. The van der Waals surface area contributed by atoms with Gasteiger partial charge in [0.1, 0.15) is 17.2 Å². The summed E-state index contributed by atoms with van der Waals surface area (Å²) in [6, 6.07) is 9.76. The van der Waals surface area contributed by atoms with Gasteiger partial charge in [0.25, 0.3) is 0 Å². The van der Waals surface area contributed by atoms with Crippen molar-refractivity contribution in [3.63, 3.8) is 0 Å². The van der Waals surface area contributed by atoms with Crippen molar-refractivity contribution in [3.8, 4) is 6.07 Å². The third-order valence-electron chi connectivity index (χ3n) is 5.31. The van der Waals surface area contributed by atoms with Crippen LogP contribution in [0.5, 0.6) is 0 Å². The Balaban J connectivity index is 1.66. The number of hydrogen-bond donors (Lipinski definition) is 2. The molecule has 172 valence electrons. The van der Waals surface area contributed by atoms with Crippen LogP contribution in [0.4, 0.5) is 11.4 Å². The van der Waals surface area contributed by atoms with Crippen molar-refractivity contribution in [2.24, 2.45) is 16.3 Å². The maximum Gasteiger partial charge on any atom is 0.238 e. The zero-order valence-electron chi connectivity index (χ0n) is 19.2. The molecule has 0 radical (unpaired) electrons. The van der Waals surface area contributed by atoms with Crippen molar-refractivity contribution < 1.29 is 14.3 Å². The maximum absolute atomic E-state index is 13.0. The highest BCUT2D eigenvalue weighted by Gasteiger charge is 2.46. The van der Waals surface area contributed by atoms with Crippen molar-refractivity contribution in [3.05, 3.63) is 24.3 Å². The molecule has 1 aromatic carbocycles. The molecule has 2 aliphatic heterocycles. The van der Waals surface area contributed by atoms with Crippen LogP contribution in [0.3, 0.4) is 0 Å². The van der Waals surface area contributed by atoms with Gasteiger partial charge in [-0.25, -0.2) is 4.99 Å². The third kappa shape index (κ3) is 5.36. The Morgan fingerprint density at radius 2 is 2.12 bits per heavy atom. The molecule has 2 amide bonds. The van der Waals surface area contributed by atoms with Crippen LogP contribution in [0.15, 0.2) is 29.3 Å². The molecule has 8 nitrogen and oxygen atoms in total. The van der Waals surface area contributed by atoms with Gasteiger partial charge in [0.15, 0.2) is 5.92 Å². The Bertz CT molecular complexity index is 936. The zero-order chi connectivity index (χ0) is 23.5. The Morgan fingerprint density at radius 3 is 2.72 bits per heavy atom. The highest BCUT2D eigenvalue weighted by atomic mass is 32.2. The first kappa shape index (κ1) is 23.9. The molecule has 0 spiro atoms. The van der Waals surface area contributed by atoms with E-state index in [1.807, 2.05) is 58.9 Å². The van der Waals surface area contributed by atoms with Crippen LogP contribution in [-0.4, -0.2) is 59.0 Å². The molecule has 1 fully saturated rings. The molecule has 32 heavy (non-hydrogen) atoms. The average Bonchev–Trinajstić information content (AvgIpc) is 3.30. The number of aliphatic imine (C=N–C) groups is 1.